The molecule has 1 aromatic heterocycles. The Balaban J connectivity index is 2.83. The predicted molar refractivity (Wildman–Crippen MR) is 37.2 cm³/mol. The van der Waals surface area contributed by atoms with Gasteiger partial charge in [0.15, 0.2) is 0 Å². The average Bonchev–Trinajstić information content (AvgIpc) is 2.20. The molecule has 3 heteroatoms. The van der Waals surface area contributed by atoms with Crippen LogP contribution in [0.2, 0.25) is 0 Å². The van der Waals surface area contributed by atoms with Crippen molar-refractivity contribution >= 4 is 0 Å². The molecule has 0 atom stereocenters. The Morgan fingerprint density at radius 1 is 1.70 bits per heavy atom. The second-order valence-corrected chi connectivity index (χ2v) is 2.31. The van der Waals surface area contributed by atoms with Gasteiger partial charge in [0.1, 0.15) is 5.82 Å². The molecule has 1 heterocycles. The van der Waals surface area contributed by atoms with Crippen LogP contribution in [0.4, 0.5) is 0 Å². The third-order valence-electron chi connectivity index (χ3n) is 1.67. The Morgan fingerprint density at radius 2 is 2.40 bits per heavy atom. The summed E-state index contributed by atoms with van der Waals surface area (Å²) in [5.41, 5.74) is 1.02. The van der Waals surface area contributed by atoms with E-state index in [9.17, 15) is 5.11 Å². The molecule has 0 spiro atoms. The van der Waals surface area contributed by atoms with Crippen LogP contribution in [0.5, 0.6) is 0 Å². The monoisotopic (exact) mass is 139 g/mol. The molecule has 1 rings (SSSR count). The van der Waals surface area contributed by atoms with Crippen LogP contribution >= 0.6 is 0 Å². The molecular formula is C7H11N2O. The van der Waals surface area contributed by atoms with Gasteiger partial charge in [0, 0.05) is 25.4 Å². The zero-order valence-corrected chi connectivity index (χ0v) is 6.29. The van der Waals surface area contributed by atoms with Crippen molar-refractivity contribution in [1.82, 2.24) is 9.55 Å². The lowest BCUT2D eigenvalue weighted by atomic mass is 10.3. The van der Waals surface area contributed by atoms with Gasteiger partial charge < -0.3 is 4.57 Å². The topological polar surface area (TPSA) is 37.7 Å². The summed E-state index contributed by atoms with van der Waals surface area (Å²) in [4.78, 5) is 4.06. The van der Waals surface area contributed by atoms with Gasteiger partial charge >= 0.3 is 0 Å². The molecule has 0 aliphatic carbocycles. The van der Waals surface area contributed by atoms with Crippen LogP contribution in [-0.4, -0.2) is 16.2 Å². The Morgan fingerprint density at radius 3 is 2.80 bits per heavy atom. The number of hydrogen-bond donors (Lipinski definition) is 0. The zero-order chi connectivity index (χ0) is 7.56. The highest BCUT2D eigenvalue weighted by atomic mass is 16.3. The number of imidazole rings is 1. The Bertz CT molecular complexity index is 217. The van der Waals surface area contributed by atoms with Crippen molar-refractivity contribution in [3.63, 3.8) is 0 Å². The molecule has 0 unspecified atom stereocenters. The fourth-order valence-electron chi connectivity index (χ4n) is 0.886. The van der Waals surface area contributed by atoms with Gasteiger partial charge in [0.25, 0.3) is 0 Å². The molecule has 10 heavy (non-hydrogen) atoms. The van der Waals surface area contributed by atoms with Gasteiger partial charge in [0.2, 0.25) is 0 Å². The van der Waals surface area contributed by atoms with E-state index in [1.807, 2.05) is 18.5 Å². The molecule has 0 aliphatic rings. The number of hydrogen-bond acceptors (Lipinski definition) is 1. The van der Waals surface area contributed by atoms with Gasteiger partial charge in [-0.05, 0) is 6.92 Å². The lowest BCUT2D eigenvalue weighted by Crippen LogP contribution is -1.99. The molecule has 0 bridgehead atoms. The molecule has 0 saturated heterocycles. The number of aromatic nitrogens is 2. The first-order chi connectivity index (χ1) is 4.75. The summed E-state index contributed by atoms with van der Waals surface area (Å²) >= 11 is 0. The van der Waals surface area contributed by atoms with E-state index in [2.05, 4.69) is 4.98 Å². The molecule has 0 amide bonds. The van der Waals surface area contributed by atoms with Crippen molar-refractivity contribution in [3.05, 3.63) is 17.7 Å². The van der Waals surface area contributed by atoms with Crippen LogP contribution < -0.4 is 0 Å². The summed E-state index contributed by atoms with van der Waals surface area (Å²) in [5.74, 6) is 0.962. The van der Waals surface area contributed by atoms with Gasteiger partial charge in [-0.2, -0.15) is 0 Å². The average molecular weight is 139 g/mol. The molecule has 0 N–H and O–H groups in total. The lowest BCUT2D eigenvalue weighted by molar-refractivity contribution is 0.195. The third kappa shape index (κ3) is 1.19. The Kier molecular flexibility index (Phi) is 2.06. The van der Waals surface area contributed by atoms with E-state index in [4.69, 9.17) is 0 Å². The van der Waals surface area contributed by atoms with Crippen molar-refractivity contribution in [2.24, 2.45) is 7.05 Å². The molecule has 1 radical (unpaired) electrons. The number of rotatable bonds is 2. The molecule has 0 aliphatic heterocycles. The Hall–Kier alpha value is -0.830. The SMILES string of the molecule is Cc1ncc(CC[O])n1C. The van der Waals surface area contributed by atoms with Gasteiger partial charge in [-0.15, -0.1) is 0 Å². The summed E-state index contributed by atoms with van der Waals surface area (Å²) in [5, 5.41) is 10.2. The Labute approximate surface area is 60.3 Å². The highest BCUT2D eigenvalue weighted by Gasteiger charge is 2.00. The minimum Gasteiger partial charge on any atom is -0.335 e. The molecule has 1 aromatic rings. The first-order valence-electron chi connectivity index (χ1n) is 3.31. The van der Waals surface area contributed by atoms with Crippen molar-refractivity contribution in [3.8, 4) is 0 Å². The molecule has 55 valence electrons. The van der Waals surface area contributed by atoms with Crippen LogP contribution in [0.3, 0.4) is 0 Å². The van der Waals surface area contributed by atoms with E-state index in [1.54, 1.807) is 6.20 Å². The van der Waals surface area contributed by atoms with Gasteiger partial charge in [-0.25, -0.2) is 10.1 Å². The van der Waals surface area contributed by atoms with Crippen LogP contribution in [0.1, 0.15) is 11.5 Å². The normalized spacial score (nSPS) is 10.3. The second kappa shape index (κ2) is 2.84. The van der Waals surface area contributed by atoms with Crippen molar-refractivity contribution in [2.75, 3.05) is 6.61 Å². The lowest BCUT2D eigenvalue weighted by Gasteiger charge is -1.98. The van der Waals surface area contributed by atoms with E-state index < -0.39 is 0 Å². The fourth-order valence-corrected chi connectivity index (χ4v) is 0.886. The highest BCUT2D eigenvalue weighted by Crippen LogP contribution is 2.01. The summed E-state index contributed by atoms with van der Waals surface area (Å²) < 4.78 is 1.94. The largest absolute Gasteiger partial charge is 0.335 e. The third-order valence-corrected chi connectivity index (χ3v) is 1.67. The summed E-state index contributed by atoms with van der Waals surface area (Å²) in [6.07, 6.45) is 2.34. The van der Waals surface area contributed by atoms with E-state index in [0.717, 1.165) is 11.5 Å². The minimum atomic E-state index is -0.0566. The quantitative estimate of drug-likeness (QED) is 0.594. The number of nitrogens with zero attached hydrogens (tertiary/aromatic N) is 2. The summed E-state index contributed by atoms with van der Waals surface area (Å²) in [6, 6.07) is 0. The molecule has 0 aromatic carbocycles. The van der Waals surface area contributed by atoms with E-state index in [1.165, 1.54) is 0 Å². The van der Waals surface area contributed by atoms with Crippen LogP contribution in [-0.2, 0) is 18.6 Å². The van der Waals surface area contributed by atoms with Crippen molar-refractivity contribution < 1.29 is 5.11 Å². The smallest absolute Gasteiger partial charge is 0.105 e. The molecule has 0 fully saturated rings. The molecule has 3 nitrogen and oxygen atoms in total. The van der Waals surface area contributed by atoms with Gasteiger partial charge in [-0.1, -0.05) is 0 Å². The van der Waals surface area contributed by atoms with Crippen LogP contribution in [0.25, 0.3) is 0 Å². The maximum absolute atomic E-state index is 10.2. The van der Waals surface area contributed by atoms with E-state index in [0.29, 0.717) is 6.42 Å². The summed E-state index contributed by atoms with van der Waals surface area (Å²) in [6.45, 7) is 1.87. The first-order valence-corrected chi connectivity index (χ1v) is 3.31. The fraction of sp³-hybridized carbons (Fsp3) is 0.571. The minimum absolute atomic E-state index is 0.0566. The first kappa shape index (κ1) is 7.28. The van der Waals surface area contributed by atoms with Crippen molar-refractivity contribution in [2.45, 2.75) is 13.3 Å². The maximum atomic E-state index is 10.2. The van der Waals surface area contributed by atoms with Gasteiger partial charge in [0.05, 0.1) is 6.61 Å². The van der Waals surface area contributed by atoms with E-state index >= 15 is 0 Å². The summed E-state index contributed by atoms with van der Waals surface area (Å²) in [7, 11) is 1.92. The maximum Gasteiger partial charge on any atom is 0.105 e. The number of aryl methyl sites for hydroxylation is 1. The standard InChI is InChI=1S/C7H11N2O/c1-6-8-5-7(3-4-10)9(6)2/h5H,3-4H2,1-2H3. The highest BCUT2D eigenvalue weighted by molar-refractivity contribution is 5.03. The van der Waals surface area contributed by atoms with Crippen LogP contribution in [0, 0.1) is 6.92 Å². The molecule has 0 saturated carbocycles. The van der Waals surface area contributed by atoms with Gasteiger partial charge in [-0.3, -0.25) is 0 Å². The molecular weight excluding hydrogens is 128 g/mol. The van der Waals surface area contributed by atoms with Crippen molar-refractivity contribution in [1.29, 1.82) is 0 Å². The second-order valence-electron chi connectivity index (χ2n) is 2.31. The van der Waals surface area contributed by atoms with Crippen LogP contribution in [0.15, 0.2) is 6.20 Å². The zero-order valence-electron chi connectivity index (χ0n) is 6.29. The van der Waals surface area contributed by atoms with E-state index in [-0.39, 0.29) is 6.61 Å². The predicted octanol–water partition coefficient (Wildman–Crippen LogP) is 0.702.